The Morgan fingerprint density at radius 1 is 1.53 bits per heavy atom. The van der Waals surface area contributed by atoms with E-state index in [0.717, 1.165) is 5.57 Å². The summed E-state index contributed by atoms with van der Waals surface area (Å²) in [6.45, 7) is 1.78. The number of ether oxygens (including phenoxy) is 1. The zero-order chi connectivity index (χ0) is 10.8. The second kappa shape index (κ2) is 3.73. The topological polar surface area (TPSA) is 56.5 Å². The van der Waals surface area contributed by atoms with Crippen LogP contribution in [0.4, 0.5) is 0 Å². The Morgan fingerprint density at radius 3 is 2.87 bits per heavy atom. The van der Waals surface area contributed by atoms with E-state index in [1.807, 2.05) is 0 Å². The molecule has 2 rings (SSSR count). The fourth-order valence-electron chi connectivity index (χ4n) is 1.52. The first kappa shape index (κ1) is 9.71. The maximum absolute atomic E-state index is 11.2. The normalized spacial score (nSPS) is 21.9. The van der Waals surface area contributed by atoms with Crippen LogP contribution in [-0.2, 0) is 14.3 Å². The van der Waals surface area contributed by atoms with Crippen molar-refractivity contribution in [1.82, 2.24) is 0 Å². The van der Waals surface area contributed by atoms with Crippen LogP contribution in [0.5, 0.6) is 0 Å². The van der Waals surface area contributed by atoms with Crippen LogP contribution in [0.3, 0.4) is 0 Å². The van der Waals surface area contributed by atoms with Gasteiger partial charge in [0.2, 0.25) is 0 Å². The van der Waals surface area contributed by atoms with Crippen LogP contribution >= 0.6 is 0 Å². The molecule has 2 heterocycles. The van der Waals surface area contributed by atoms with Gasteiger partial charge in [0.25, 0.3) is 0 Å². The lowest BCUT2D eigenvalue weighted by molar-refractivity contribution is -0.152. The largest absolute Gasteiger partial charge is 0.465 e. The van der Waals surface area contributed by atoms with Crippen LogP contribution in [0.15, 0.2) is 28.4 Å². The molecule has 78 valence electrons. The third-order valence-corrected chi connectivity index (χ3v) is 2.33. The molecule has 0 amide bonds. The van der Waals surface area contributed by atoms with Gasteiger partial charge in [-0.1, -0.05) is 5.57 Å². The molecule has 1 saturated heterocycles. The Morgan fingerprint density at radius 2 is 2.33 bits per heavy atom. The van der Waals surface area contributed by atoms with Gasteiger partial charge in [0, 0.05) is 0 Å². The molecule has 0 aliphatic carbocycles. The zero-order valence-corrected chi connectivity index (χ0v) is 8.23. The zero-order valence-electron chi connectivity index (χ0n) is 8.23. The predicted octanol–water partition coefficient (Wildman–Crippen LogP) is 1.77. The maximum atomic E-state index is 11.2. The minimum absolute atomic E-state index is 0.127. The van der Waals surface area contributed by atoms with Gasteiger partial charge in [0.15, 0.2) is 0 Å². The molecule has 1 aliphatic rings. The van der Waals surface area contributed by atoms with Gasteiger partial charge in [-0.15, -0.1) is 0 Å². The summed E-state index contributed by atoms with van der Waals surface area (Å²) in [5.74, 6) is -0.722. The third-order valence-electron chi connectivity index (χ3n) is 2.33. The van der Waals surface area contributed by atoms with Crippen molar-refractivity contribution >= 4 is 18.0 Å². The van der Waals surface area contributed by atoms with E-state index < -0.39 is 17.9 Å². The number of cyclic esters (lactones) is 2. The number of hydrogen-bond donors (Lipinski definition) is 0. The minimum Gasteiger partial charge on any atom is -0.465 e. The summed E-state index contributed by atoms with van der Waals surface area (Å²) in [5.41, 5.74) is 0.779. The average molecular weight is 206 g/mol. The van der Waals surface area contributed by atoms with Crippen molar-refractivity contribution in [1.29, 1.82) is 0 Å². The van der Waals surface area contributed by atoms with E-state index in [-0.39, 0.29) is 6.42 Å². The molecule has 4 heteroatoms. The highest BCUT2D eigenvalue weighted by atomic mass is 16.6. The number of carbonyl (C=O) groups excluding carboxylic acids is 2. The molecule has 1 aromatic rings. The summed E-state index contributed by atoms with van der Waals surface area (Å²) in [6.07, 6.45) is 3.42. The molecule has 0 spiro atoms. The van der Waals surface area contributed by atoms with E-state index in [9.17, 15) is 9.59 Å². The number of furan rings is 1. The van der Waals surface area contributed by atoms with Crippen LogP contribution in [0.2, 0.25) is 0 Å². The average Bonchev–Trinajstić information content (AvgIpc) is 2.75. The van der Waals surface area contributed by atoms with Crippen molar-refractivity contribution in [2.24, 2.45) is 5.92 Å². The van der Waals surface area contributed by atoms with Crippen LogP contribution in [0, 0.1) is 5.92 Å². The first-order chi connectivity index (χ1) is 7.16. The highest BCUT2D eigenvalue weighted by Gasteiger charge is 2.34. The van der Waals surface area contributed by atoms with Gasteiger partial charge < -0.3 is 9.15 Å². The van der Waals surface area contributed by atoms with Gasteiger partial charge in [-0.3, -0.25) is 9.59 Å². The Bertz CT molecular complexity index is 414. The van der Waals surface area contributed by atoms with Crippen molar-refractivity contribution in [3.63, 3.8) is 0 Å². The number of hydrogen-bond acceptors (Lipinski definition) is 4. The Labute approximate surface area is 86.5 Å². The predicted molar refractivity (Wildman–Crippen MR) is 51.6 cm³/mol. The summed E-state index contributed by atoms with van der Waals surface area (Å²) in [4.78, 5) is 22.1. The van der Waals surface area contributed by atoms with Gasteiger partial charge in [-0.2, -0.15) is 0 Å². The lowest BCUT2D eigenvalue weighted by Crippen LogP contribution is -2.08. The Balaban J connectivity index is 2.18. The fourth-order valence-corrected chi connectivity index (χ4v) is 1.52. The van der Waals surface area contributed by atoms with E-state index in [4.69, 9.17) is 4.42 Å². The van der Waals surface area contributed by atoms with Crippen molar-refractivity contribution in [2.75, 3.05) is 0 Å². The monoisotopic (exact) mass is 206 g/mol. The first-order valence-corrected chi connectivity index (χ1v) is 4.63. The second-order valence-corrected chi connectivity index (χ2v) is 3.45. The molecule has 0 N–H and O–H groups in total. The van der Waals surface area contributed by atoms with Crippen molar-refractivity contribution in [2.45, 2.75) is 13.3 Å². The van der Waals surface area contributed by atoms with Crippen molar-refractivity contribution in [3.05, 3.63) is 29.7 Å². The van der Waals surface area contributed by atoms with Gasteiger partial charge >= 0.3 is 11.9 Å². The van der Waals surface area contributed by atoms with E-state index in [0.29, 0.717) is 5.76 Å². The lowest BCUT2D eigenvalue weighted by atomic mass is 9.98. The molecule has 0 radical (unpaired) electrons. The molecule has 1 unspecified atom stereocenters. The smallest absolute Gasteiger partial charge is 0.321 e. The molecule has 1 atom stereocenters. The van der Waals surface area contributed by atoms with Crippen LogP contribution in [-0.4, -0.2) is 11.9 Å². The van der Waals surface area contributed by atoms with Gasteiger partial charge in [0.1, 0.15) is 5.76 Å². The van der Waals surface area contributed by atoms with Gasteiger partial charge in [-0.05, 0) is 25.1 Å². The highest BCUT2D eigenvalue weighted by molar-refractivity contribution is 5.96. The summed E-state index contributed by atoms with van der Waals surface area (Å²) in [7, 11) is 0. The van der Waals surface area contributed by atoms with Crippen molar-refractivity contribution in [3.8, 4) is 0 Å². The highest BCUT2D eigenvalue weighted by Crippen LogP contribution is 2.25. The standard InChI is InChI=1S/C11H10O4/c1-7(5-8-3-2-4-14-8)9-6-10(12)15-11(9)13/h2-5,9H,6H2,1H3/b7-5-. The van der Waals surface area contributed by atoms with E-state index in [1.165, 1.54) is 0 Å². The van der Waals surface area contributed by atoms with E-state index >= 15 is 0 Å². The first-order valence-electron chi connectivity index (χ1n) is 4.63. The van der Waals surface area contributed by atoms with Crippen LogP contribution < -0.4 is 0 Å². The molecule has 1 fully saturated rings. The molecule has 0 saturated carbocycles. The summed E-state index contributed by atoms with van der Waals surface area (Å²) in [5, 5.41) is 0. The molecular formula is C11H10O4. The molecule has 4 nitrogen and oxygen atoms in total. The molecule has 1 aromatic heterocycles. The van der Waals surface area contributed by atoms with Crippen molar-refractivity contribution < 1.29 is 18.7 Å². The number of carbonyl (C=O) groups is 2. The molecule has 0 aromatic carbocycles. The fraction of sp³-hybridized carbons (Fsp3) is 0.273. The Kier molecular flexibility index (Phi) is 2.41. The lowest BCUT2D eigenvalue weighted by Gasteiger charge is -2.03. The number of esters is 2. The quantitative estimate of drug-likeness (QED) is 0.546. The Hall–Kier alpha value is -1.84. The van der Waals surface area contributed by atoms with E-state index in [1.54, 1.807) is 31.4 Å². The maximum Gasteiger partial charge on any atom is 0.321 e. The summed E-state index contributed by atoms with van der Waals surface area (Å²) < 4.78 is 9.58. The SMILES string of the molecule is C/C(=C/c1ccco1)C1CC(=O)OC1=O. The summed E-state index contributed by atoms with van der Waals surface area (Å²) >= 11 is 0. The molecule has 1 aliphatic heterocycles. The van der Waals surface area contributed by atoms with Crippen LogP contribution in [0.25, 0.3) is 6.08 Å². The van der Waals surface area contributed by atoms with Gasteiger partial charge in [-0.25, -0.2) is 0 Å². The van der Waals surface area contributed by atoms with Gasteiger partial charge in [0.05, 0.1) is 18.6 Å². The minimum atomic E-state index is -0.472. The second-order valence-electron chi connectivity index (χ2n) is 3.45. The molecule has 15 heavy (non-hydrogen) atoms. The molecule has 0 bridgehead atoms. The van der Waals surface area contributed by atoms with E-state index in [2.05, 4.69) is 4.74 Å². The van der Waals surface area contributed by atoms with Crippen LogP contribution in [0.1, 0.15) is 19.1 Å². The third kappa shape index (κ3) is 1.98. The number of rotatable bonds is 2. The summed E-state index contributed by atoms with van der Waals surface area (Å²) in [6, 6.07) is 3.54. The molecular weight excluding hydrogens is 196 g/mol.